The number of hydrogen-bond acceptors (Lipinski definition) is 5. The Morgan fingerprint density at radius 3 is 2.72 bits per heavy atom. The van der Waals surface area contributed by atoms with Gasteiger partial charge in [0.15, 0.2) is 5.82 Å². The molecule has 2 heterocycles. The first kappa shape index (κ1) is 16.9. The molecule has 1 amide bonds. The van der Waals surface area contributed by atoms with Crippen molar-refractivity contribution in [3.8, 4) is 0 Å². The zero-order valence-corrected chi connectivity index (χ0v) is 14.3. The second-order valence-electron chi connectivity index (χ2n) is 6.20. The lowest BCUT2D eigenvalue weighted by molar-refractivity contribution is -0.121. The quantitative estimate of drug-likeness (QED) is 0.714. The van der Waals surface area contributed by atoms with Crippen LogP contribution in [0.3, 0.4) is 0 Å². The summed E-state index contributed by atoms with van der Waals surface area (Å²) in [5, 5.41) is 11.1. The molecule has 3 aromatic rings. The van der Waals surface area contributed by atoms with Crippen LogP contribution in [0.1, 0.15) is 37.2 Å². The molecule has 3 rings (SSSR count). The Morgan fingerprint density at radius 1 is 1.24 bits per heavy atom. The maximum Gasteiger partial charge on any atom is 0.249 e. The maximum atomic E-state index is 12.3. The summed E-state index contributed by atoms with van der Waals surface area (Å²) in [4.78, 5) is 16.8. The third-order valence-electron chi connectivity index (χ3n) is 3.80. The summed E-state index contributed by atoms with van der Waals surface area (Å²) < 4.78 is 7.09. The van der Waals surface area contributed by atoms with Crippen molar-refractivity contribution >= 4 is 5.91 Å². The van der Waals surface area contributed by atoms with Crippen LogP contribution < -0.4 is 5.32 Å². The Kier molecular flexibility index (Phi) is 5.23. The molecular formula is C18H21N5O2. The van der Waals surface area contributed by atoms with Crippen LogP contribution in [-0.4, -0.2) is 25.8 Å². The van der Waals surface area contributed by atoms with Crippen molar-refractivity contribution < 1.29 is 9.32 Å². The van der Waals surface area contributed by atoms with Gasteiger partial charge in [-0.3, -0.25) is 9.48 Å². The molecular weight excluding hydrogens is 318 g/mol. The molecule has 1 aromatic carbocycles. The van der Waals surface area contributed by atoms with Crippen molar-refractivity contribution in [3.05, 3.63) is 66.1 Å². The Hall–Kier alpha value is -2.96. The number of rotatable bonds is 7. The molecule has 0 saturated carbocycles. The summed E-state index contributed by atoms with van der Waals surface area (Å²) in [6.07, 6.45) is 3.84. The molecule has 130 valence electrons. The van der Waals surface area contributed by atoms with E-state index in [1.165, 1.54) is 0 Å². The summed E-state index contributed by atoms with van der Waals surface area (Å²) in [5.74, 6) is 0.995. The van der Waals surface area contributed by atoms with E-state index in [1.807, 2.05) is 56.4 Å². The fourth-order valence-electron chi connectivity index (χ4n) is 2.52. The maximum absolute atomic E-state index is 12.3. The van der Waals surface area contributed by atoms with E-state index in [0.717, 1.165) is 5.56 Å². The van der Waals surface area contributed by atoms with E-state index in [2.05, 4.69) is 20.6 Å². The SMILES string of the molecule is CC(C)C(NC(=O)Cc1ccccc1)c1nc(Cn2cccn2)no1. The third-order valence-corrected chi connectivity index (χ3v) is 3.80. The van der Waals surface area contributed by atoms with Gasteiger partial charge in [0.2, 0.25) is 11.8 Å². The van der Waals surface area contributed by atoms with E-state index < -0.39 is 0 Å². The molecule has 2 aromatic heterocycles. The van der Waals surface area contributed by atoms with E-state index in [4.69, 9.17) is 4.52 Å². The third kappa shape index (κ3) is 4.53. The number of carbonyl (C=O) groups excluding carboxylic acids is 1. The fourth-order valence-corrected chi connectivity index (χ4v) is 2.52. The molecule has 0 spiro atoms. The minimum Gasteiger partial charge on any atom is -0.344 e. The lowest BCUT2D eigenvalue weighted by Gasteiger charge is -2.18. The van der Waals surface area contributed by atoms with Crippen LogP contribution in [0, 0.1) is 5.92 Å². The first-order valence-electron chi connectivity index (χ1n) is 8.25. The number of hydrogen-bond donors (Lipinski definition) is 1. The molecule has 0 fully saturated rings. The fraction of sp³-hybridized carbons (Fsp3) is 0.333. The number of carbonyl (C=O) groups is 1. The van der Waals surface area contributed by atoms with Gasteiger partial charge in [-0.2, -0.15) is 10.1 Å². The van der Waals surface area contributed by atoms with Crippen molar-refractivity contribution in [2.24, 2.45) is 5.92 Å². The molecule has 7 nitrogen and oxygen atoms in total. The molecule has 1 unspecified atom stereocenters. The van der Waals surface area contributed by atoms with E-state index in [0.29, 0.717) is 24.7 Å². The van der Waals surface area contributed by atoms with Crippen molar-refractivity contribution in [1.29, 1.82) is 0 Å². The minimum atomic E-state index is -0.324. The second kappa shape index (κ2) is 7.74. The van der Waals surface area contributed by atoms with Gasteiger partial charge in [0.25, 0.3) is 0 Å². The predicted octanol–water partition coefficient (Wildman–Crippen LogP) is 2.37. The lowest BCUT2D eigenvalue weighted by atomic mass is 10.0. The van der Waals surface area contributed by atoms with Gasteiger partial charge in [-0.1, -0.05) is 49.3 Å². The average molecular weight is 339 g/mol. The highest BCUT2D eigenvalue weighted by atomic mass is 16.5. The lowest BCUT2D eigenvalue weighted by Crippen LogP contribution is -2.33. The predicted molar refractivity (Wildman–Crippen MR) is 91.5 cm³/mol. The van der Waals surface area contributed by atoms with E-state index in [-0.39, 0.29) is 17.9 Å². The van der Waals surface area contributed by atoms with E-state index in [9.17, 15) is 4.79 Å². The molecule has 1 atom stereocenters. The Morgan fingerprint density at radius 2 is 2.04 bits per heavy atom. The van der Waals surface area contributed by atoms with Crippen LogP contribution in [0.2, 0.25) is 0 Å². The summed E-state index contributed by atoms with van der Waals surface area (Å²) in [7, 11) is 0. The van der Waals surface area contributed by atoms with Crippen LogP contribution in [-0.2, 0) is 17.8 Å². The number of nitrogens with one attached hydrogen (secondary N) is 1. The van der Waals surface area contributed by atoms with Crippen molar-refractivity contribution in [2.45, 2.75) is 32.9 Å². The zero-order valence-electron chi connectivity index (χ0n) is 14.3. The molecule has 0 radical (unpaired) electrons. The molecule has 0 aliphatic rings. The van der Waals surface area contributed by atoms with Gasteiger partial charge < -0.3 is 9.84 Å². The zero-order chi connectivity index (χ0) is 17.6. The van der Waals surface area contributed by atoms with Crippen molar-refractivity contribution in [2.75, 3.05) is 0 Å². The molecule has 1 N–H and O–H groups in total. The first-order chi connectivity index (χ1) is 12.1. The number of aromatic nitrogens is 4. The Balaban J connectivity index is 1.66. The van der Waals surface area contributed by atoms with Crippen LogP contribution in [0.4, 0.5) is 0 Å². The monoisotopic (exact) mass is 339 g/mol. The van der Waals surface area contributed by atoms with Gasteiger partial charge in [0, 0.05) is 12.4 Å². The van der Waals surface area contributed by atoms with Crippen LogP contribution in [0.25, 0.3) is 0 Å². The smallest absolute Gasteiger partial charge is 0.249 e. The van der Waals surface area contributed by atoms with Crippen LogP contribution in [0.15, 0.2) is 53.3 Å². The second-order valence-corrected chi connectivity index (χ2v) is 6.20. The van der Waals surface area contributed by atoms with Gasteiger partial charge in [-0.15, -0.1) is 0 Å². The normalized spacial score (nSPS) is 12.3. The van der Waals surface area contributed by atoms with Gasteiger partial charge >= 0.3 is 0 Å². The first-order valence-corrected chi connectivity index (χ1v) is 8.25. The van der Waals surface area contributed by atoms with Gasteiger partial charge in [-0.25, -0.2) is 0 Å². The Bertz CT molecular complexity index is 796. The highest BCUT2D eigenvalue weighted by Crippen LogP contribution is 2.20. The Labute approximate surface area is 146 Å². The molecule has 0 aliphatic heterocycles. The van der Waals surface area contributed by atoms with Crippen molar-refractivity contribution in [3.63, 3.8) is 0 Å². The topological polar surface area (TPSA) is 85.8 Å². The van der Waals surface area contributed by atoms with Crippen LogP contribution in [0.5, 0.6) is 0 Å². The molecule has 7 heteroatoms. The number of nitrogens with zero attached hydrogens (tertiary/aromatic N) is 4. The number of amides is 1. The van der Waals surface area contributed by atoms with Gasteiger partial charge in [0.05, 0.1) is 6.42 Å². The summed E-state index contributed by atoms with van der Waals surface area (Å²) in [6.45, 7) is 4.44. The molecule has 0 saturated heterocycles. The summed E-state index contributed by atoms with van der Waals surface area (Å²) in [5.41, 5.74) is 0.965. The largest absolute Gasteiger partial charge is 0.344 e. The van der Waals surface area contributed by atoms with Gasteiger partial charge in [0.1, 0.15) is 12.6 Å². The highest BCUT2D eigenvalue weighted by molar-refractivity contribution is 5.78. The summed E-state index contributed by atoms with van der Waals surface area (Å²) >= 11 is 0. The van der Waals surface area contributed by atoms with Gasteiger partial charge in [-0.05, 0) is 17.5 Å². The highest BCUT2D eigenvalue weighted by Gasteiger charge is 2.24. The van der Waals surface area contributed by atoms with Crippen LogP contribution >= 0.6 is 0 Å². The van der Waals surface area contributed by atoms with Crippen molar-refractivity contribution in [1.82, 2.24) is 25.2 Å². The van der Waals surface area contributed by atoms with E-state index >= 15 is 0 Å². The van der Waals surface area contributed by atoms with E-state index in [1.54, 1.807) is 10.9 Å². The average Bonchev–Trinajstić information content (AvgIpc) is 3.26. The summed E-state index contributed by atoms with van der Waals surface area (Å²) in [6, 6.07) is 11.1. The standard InChI is InChI=1S/C18H21N5O2/c1-13(2)17(21-16(24)11-14-7-4-3-5-8-14)18-20-15(22-25-18)12-23-10-6-9-19-23/h3-10,13,17H,11-12H2,1-2H3,(H,21,24). The minimum absolute atomic E-state index is 0.0725. The molecule has 0 aliphatic carbocycles. The molecule has 0 bridgehead atoms. The number of benzene rings is 1. The molecule has 25 heavy (non-hydrogen) atoms.